The predicted molar refractivity (Wildman–Crippen MR) is 116 cm³/mol. The van der Waals surface area contributed by atoms with Crippen LogP contribution in [0.1, 0.15) is 24.2 Å². The SMILES string of the molecule is COc1ccc(-c2cc(C(=O)N(CC(N)=O)C(C)C)c3ccccc3n2)cc1OC. The number of amides is 2. The topological polar surface area (TPSA) is 94.8 Å². The van der Waals surface area contributed by atoms with Gasteiger partial charge in [-0.2, -0.15) is 0 Å². The highest BCUT2D eigenvalue weighted by atomic mass is 16.5. The van der Waals surface area contributed by atoms with Gasteiger partial charge >= 0.3 is 0 Å². The number of carbonyl (C=O) groups is 2. The fourth-order valence-electron chi connectivity index (χ4n) is 3.31. The van der Waals surface area contributed by atoms with Crippen molar-refractivity contribution < 1.29 is 19.1 Å². The summed E-state index contributed by atoms with van der Waals surface area (Å²) >= 11 is 0. The first-order valence-electron chi connectivity index (χ1n) is 9.57. The van der Waals surface area contributed by atoms with Crippen LogP contribution in [0.15, 0.2) is 48.5 Å². The van der Waals surface area contributed by atoms with Crippen LogP contribution in [-0.4, -0.2) is 48.5 Å². The minimum Gasteiger partial charge on any atom is -0.493 e. The van der Waals surface area contributed by atoms with Gasteiger partial charge in [-0.15, -0.1) is 0 Å². The highest BCUT2D eigenvalue weighted by molar-refractivity contribution is 6.08. The van der Waals surface area contributed by atoms with Crippen molar-refractivity contribution in [3.63, 3.8) is 0 Å². The van der Waals surface area contributed by atoms with Gasteiger partial charge in [0.25, 0.3) is 5.91 Å². The van der Waals surface area contributed by atoms with Crippen molar-refractivity contribution >= 4 is 22.7 Å². The highest BCUT2D eigenvalue weighted by Gasteiger charge is 2.23. The standard InChI is InChI=1S/C23H25N3O4/c1-14(2)26(13-22(24)27)23(28)17-12-19(25-18-8-6-5-7-16(17)18)15-9-10-20(29-3)21(11-15)30-4/h5-12,14H,13H2,1-4H3,(H2,24,27). The first kappa shape index (κ1) is 21.1. The zero-order valence-electron chi connectivity index (χ0n) is 17.5. The zero-order chi connectivity index (χ0) is 21.8. The molecule has 7 heteroatoms. The number of primary amides is 1. The first-order chi connectivity index (χ1) is 14.3. The summed E-state index contributed by atoms with van der Waals surface area (Å²) in [6, 6.07) is 14.4. The molecule has 0 atom stereocenters. The highest BCUT2D eigenvalue weighted by Crippen LogP contribution is 2.33. The van der Waals surface area contributed by atoms with E-state index in [2.05, 4.69) is 0 Å². The molecule has 0 saturated carbocycles. The van der Waals surface area contributed by atoms with Crippen LogP contribution in [0.25, 0.3) is 22.2 Å². The number of nitrogens with two attached hydrogens (primary N) is 1. The van der Waals surface area contributed by atoms with E-state index in [1.54, 1.807) is 26.4 Å². The summed E-state index contributed by atoms with van der Waals surface area (Å²) in [4.78, 5) is 31.1. The minimum atomic E-state index is -0.560. The third kappa shape index (κ3) is 4.20. The average Bonchev–Trinajstić information content (AvgIpc) is 2.75. The van der Waals surface area contributed by atoms with E-state index in [1.165, 1.54) is 4.90 Å². The first-order valence-corrected chi connectivity index (χ1v) is 9.57. The average molecular weight is 407 g/mol. The van der Waals surface area contributed by atoms with Crippen molar-refractivity contribution in [3.05, 3.63) is 54.1 Å². The Balaban J connectivity index is 2.18. The summed E-state index contributed by atoms with van der Waals surface area (Å²) in [6.07, 6.45) is 0. The fraction of sp³-hybridized carbons (Fsp3) is 0.261. The number of methoxy groups -OCH3 is 2. The summed E-state index contributed by atoms with van der Waals surface area (Å²) in [5, 5.41) is 0.710. The molecule has 3 rings (SSSR count). The largest absolute Gasteiger partial charge is 0.493 e. The van der Waals surface area contributed by atoms with E-state index < -0.39 is 5.91 Å². The van der Waals surface area contributed by atoms with Crippen LogP contribution in [0.2, 0.25) is 0 Å². The van der Waals surface area contributed by atoms with E-state index in [-0.39, 0.29) is 18.5 Å². The summed E-state index contributed by atoms with van der Waals surface area (Å²) in [7, 11) is 3.14. The molecule has 2 amide bonds. The lowest BCUT2D eigenvalue weighted by Gasteiger charge is -2.26. The number of benzene rings is 2. The molecule has 0 aliphatic rings. The second-order valence-electron chi connectivity index (χ2n) is 7.14. The molecule has 1 heterocycles. The number of fused-ring (bicyclic) bond motifs is 1. The van der Waals surface area contributed by atoms with Gasteiger partial charge in [0.2, 0.25) is 5.91 Å². The lowest BCUT2D eigenvalue weighted by atomic mass is 10.0. The third-order valence-corrected chi connectivity index (χ3v) is 4.84. The van der Waals surface area contributed by atoms with E-state index >= 15 is 0 Å². The second-order valence-corrected chi connectivity index (χ2v) is 7.14. The Morgan fingerprint density at radius 3 is 2.37 bits per heavy atom. The number of nitrogens with zero attached hydrogens (tertiary/aromatic N) is 2. The molecule has 2 aromatic carbocycles. The number of carbonyl (C=O) groups excluding carboxylic acids is 2. The Hall–Kier alpha value is -3.61. The quantitative estimate of drug-likeness (QED) is 0.649. The Morgan fingerprint density at radius 2 is 1.73 bits per heavy atom. The summed E-state index contributed by atoms with van der Waals surface area (Å²) in [5.74, 6) is 0.334. The Bertz CT molecular complexity index is 1090. The molecule has 3 aromatic rings. The number of aromatic nitrogens is 1. The molecule has 0 aliphatic carbocycles. The molecule has 7 nitrogen and oxygen atoms in total. The second kappa shape index (κ2) is 8.82. The molecule has 1 aromatic heterocycles. The van der Waals surface area contributed by atoms with Crippen LogP contribution in [0, 0.1) is 0 Å². The summed E-state index contributed by atoms with van der Waals surface area (Å²) in [6.45, 7) is 3.54. The molecule has 0 spiro atoms. The lowest BCUT2D eigenvalue weighted by Crippen LogP contribution is -2.42. The van der Waals surface area contributed by atoms with Crippen molar-refractivity contribution in [1.82, 2.24) is 9.88 Å². The Kier molecular flexibility index (Phi) is 6.20. The van der Waals surface area contributed by atoms with Gasteiger partial charge in [0.05, 0.1) is 37.5 Å². The van der Waals surface area contributed by atoms with Gasteiger partial charge in [0.1, 0.15) is 0 Å². The van der Waals surface area contributed by atoms with Gasteiger partial charge in [-0.25, -0.2) is 4.98 Å². The van der Waals surface area contributed by atoms with Crippen molar-refractivity contribution in [1.29, 1.82) is 0 Å². The number of hydrogen-bond donors (Lipinski definition) is 1. The maximum absolute atomic E-state index is 13.4. The monoisotopic (exact) mass is 407 g/mol. The van der Waals surface area contributed by atoms with Crippen LogP contribution in [0.5, 0.6) is 11.5 Å². The summed E-state index contributed by atoms with van der Waals surface area (Å²) in [5.41, 5.74) is 7.89. The smallest absolute Gasteiger partial charge is 0.255 e. The molecule has 0 bridgehead atoms. The van der Waals surface area contributed by atoms with E-state index in [4.69, 9.17) is 20.2 Å². The van der Waals surface area contributed by atoms with Crippen LogP contribution < -0.4 is 15.2 Å². The fourth-order valence-corrected chi connectivity index (χ4v) is 3.31. The molecule has 0 fully saturated rings. The predicted octanol–water partition coefficient (Wildman–Crippen LogP) is 3.25. The molecule has 0 radical (unpaired) electrons. The van der Waals surface area contributed by atoms with Gasteiger partial charge < -0.3 is 20.1 Å². The van der Waals surface area contributed by atoms with Crippen LogP contribution >= 0.6 is 0 Å². The molecular weight excluding hydrogens is 382 g/mol. The molecule has 30 heavy (non-hydrogen) atoms. The van der Waals surface area contributed by atoms with E-state index in [0.29, 0.717) is 33.7 Å². The van der Waals surface area contributed by atoms with Crippen molar-refractivity contribution in [2.24, 2.45) is 5.73 Å². The molecule has 0 saturated heterocycles. The van der Waals surface area contributed by atoms with E-state index in [0.717, 1.165) is 5.56 Å². The van der Waals surface area contributed by atoms with Gasteiger partial charge in [-0.1, -0.05) is 18.2 Å². The van der Waals surface area contributed by atoms with Crippen molar-refractivity contribution in [3.8, 4) is 22.8 Å². The zero-order valence-corrected chi connectivity index (χ0v) is 17.5. The van der Waals surface area contributed by atoms with Gasteiger partial charge in [0.15, 0.2) is 11.5 Å². The van der Waals surface area contributed by atoms with Gasteiger partial charge in [-0.05, 0) is 44.2 Å². The third-order valence-electron chi connectivity index (χ3n) is 4.84. The minimum absolute atomic E-state index is 0.154. The maximum Gasteiger partial charge on any atom is 0.255 e. The number of ether oxygens (including phenoxy) is 2. The molecule has 0 aliphatic heterocycles. The maximum atomic E-state index is 13.4. The number of para-hydroxylation sites is 1. The van der Waals surface area contributed by atoms with Crippen LogP contribution in [-0.2, 0) is 4.79 Å². The van der Waals surface area contributed by atoms with Crippen LogP contribution in [0.3, 0.4) is 0 Å². The number of rotatable bonds is 7. The molecular formula is C23H25N3O4. The van der Waals surface area contributed by atoms with Crippen LogP contribution in [0.4, 0.5) is 0 Å². The molecule has 0 unspecified atom stereocenters. The molecule has 2 N–H and O–H groups in total. The van der Waals surface area contributed by atoms with Gasteiger partial charge in [0, 0.05) is 17.0 Å². The normalized spacial score (nSPS) is 10.8. The number of hydrogen-bond acceptors (Lipinski definition) is 5. The Labute approximate surface area is 175 Å². The molecule has 156 valence electrons. The number of pyridine rings is 1. The lowest BCUT2D eigenvalue weighted by molar-refractivity contribution is -0.119. The van der Waals surface area contributed by atoms with Gasteiger partial charge in [-0.3, -0.25) is 9.59 Å². The van der Waals surface area contributed by atoms with E-state index in [9.17, 15) is 9.59 Å². The summed E-state index contributed by atoms with van der Waals surface area (Å²) < 4.78 is 10.7. The van der Waals surface area contributed by atoms with E-state index in [1.807, 2.05) is 50.2 Å². The Morgan fingerprint density at radius 1 is 1.03 bits per heavy atom. The van der Waals surface area contributed by atoms with Crippen molar-refractivity contribution in [2.45, 2.75) is 19.9 Å². The van der Waals surface area contributed by atoms with Crippen molar-refractivity contribution in [2.75, 3.05) is 20.8 Å².